The highest BCUT2D eigenvalue weighted by Crippen LogP contribution is 2.27. The van der Waals surface area contributed by atoms with Crippen LogP contribution in [0.5, 0.6) is 0 Å². The summed E-state index contributed by atoms with van der Waals surface area (Å²) in [7, 11) is 0. The Morgan fingerprint density at radius 1 is 1.19 bits per heavy atom. The fourth-order valence-electron chi connectivity index (χ4n) is 4.14. The second-order valence-electron chi connectivity index (χ2n) is 8.06. The van der Waals surface area contributed by atoms with Crippen molar-refractivity contribution in [2.45, 2.75) is 19.9 Å². The largest absolute Gasteiger partial charge is 0.395 e. The number of anilines is 2. The molecule has 0 spiro atoms. The van der Waals surface area contributed by atoms with Crippen molar-refractivity contribution in [1.82, 2.24) is 38.7 Å². The Hall–Kier alpha value is -2.86. The normalized spacial score (nSPS) is 15.9. The topological polar surface area (TPSA) is 111 Å². The van der Waals surface area contributed by atoms with Crippen molar-refractivity contribution in [1.29, 1.82) is 0 Å². The second-order valence-corrected chi connectivity index (χ2v) is 8.86. The van der Waals surface area contributed by atoms with Gasteiger partial charge in [0, 0.05) is 44.1 Å². The highest BCUT2D eigenvalue weighted by Gasteiger charge is 2.17. The summed E-state index contributed by atoms with van der Waals surface area (Å²) < 4.78 is 6.69. The molecule has 168 valence electrons. The Kier molecular flexibility index (Phi) is 6.12. The summed E-state index contributed by atoms with van der Waals surface area (Å²) in [6.07, 6.45) is 8.57. The Balaban J connectivity index is 1.30. The molecule has 5 rings (SSSR count). The van der Waals surface area contributed by atoms with Crippen molar-refractivity contribution in [2.75, 3.05) is 44.6 Å². The van der Waals surface area contributed by atoms with Gasteiger partial charge in [0.2, 0.25) is 0 Å². The van der Waals surface area contributed by atoms with Gasteiger partial charge in [-0.3, -0.25) is 19.3 Å². The molecule has 10 nitrogen and oxygen atoms in total. The van der Waals surface area contributed by atoms with Gasteiger partial charge >= 0.3 is 0 Å². The van der Waals surface area contributed by atoms with Crippen molar-refractivity contribution >= 4 is 28.0 Å². The van der Waals surface area contributed by atoms with Gasteiger partial charge in [0.15, 0.2) is 11.5 Å². The number of aliphatic hydroxyl groups is 1. The third kappa shape index (κ3) is 4.51. The first-order valence-electron chi connectivity index (χ1n) is 10.8. The molecule has 1 aliphatic rings. The summed E-state index contributed by atoms with van der Waals surface area (Å²) in [4.78, 5) is 14.0. The van der Waals surface area contributed by atoms with Crippen LogP contribution in [0.3, 0.4) is 0 Å². The van der Waals surface area contributed by atoms with E-state index in [1.54, 1.807) is 6.20 Å². The second kappa shape index (κ2) is 9.33. The Labute approximate surface area is 190 Å². The smallest absolute Gasteiger partial charge is 0.180 e. The van der Waals surface area contributed by atoms with E-state index in [0.29, 0.717) is 5.82 Å². The lowest BCUT2D eigenvalue weighted by atomic mass is 10.3. The first kappa shape index (κ1) is 21.0. The average molecular weight is 454 g/mol. The quantitative estimate of drug-likeness (QED) is 0.390. The average Bonchev–Trinajstić information content (AvgIpc) is 3.50. The molecule has 5 heterocycles. The van der Waals surface area contributed by atoms with Crippen LogP contribution in [0.1, 0.15) is 17.8 Å². The van der Waals surface area contributed by atoms with E-state index in [1.165, 1.54) is 11.5 Å². The maximum absolute atomic E-state index is 9.18. The predicted molar refractivity (Wildman–Crippen MR) is 124 cm³/mol. The number of β-amino-alcohol motifs (C(OH)–C–C–N with tert-alkyl or cyclic N) is 1. The molecule has 4 aromatic rings. The van der Waals surface area contributed by atoms with Gasteiger partial charge in [-0.2, -0.15) is 9.47 Å². The Bertz CT molecular complexity index is 1170. The van der Waals surface area contributed by atoms with Crippen LogP contribution in [0, 0.1) is 6.92 Å². The molecule has 0 unspecified atom stereocenters. The number of hydrogen-bond acceptors (Lipinski definition) is 9. The third-order valence-electron chi connectivity index (χ3n) is 5.69. The van der Waals surface area contributed by atoms with Crippen LogP contribution in [0.2, 0.25) is 0 Å². The molecule has 4 aromatic heterocycles. The molecule has 1 saturated heterocycles. The lowest BCUT2D eigenvalue weighted by Crippen LogP contribution is -2.32. The lowest BCUT2D eigenvalue weighted by molar-refractivity contribution is 0.195. The molecular formula is C21H27N9OS. The van der Waals surface area contributed by atoms with Gasteiger partial charge in [0.05, 0.1) is 36.1 Å². The molecule has 0 aliphatic carbocycles. The molecule has 3 N–H and O–H groups in total. The maximum atomic E-state index is 9.18. The van der Waals surface area contributed by atoms with Crippen LogP contribution in [0.25, 0.3) is 16.9 Å². The number of H-pyrrole nitrogens is 1. The van der Waals surface area contributed by atoms with Crippen molar-refractivity contribution in [2.24, 2.45) is 0 Å². The summed E-state index contributed by atoms with van der Waals surface area (Å²) in [5.74, 6) is 0.712. The van der Waals surface area contributed by atoms with Gasteiger partial charge in [-0.25, -0.2) is 9.97 Å². The van der Waals surface area contributed by atoms with Gasteiger partial charge in [-0.15, -0.1) is 0 Å². The number of aromatic nitrogens is 6. The zero-order chi connectivity index (χ0) is 21.9. The minimum atomic E-state index is 0.224. The highest BCUT2D eigenvalue weighted by atomic mass is 32.1. The van der Waals surface area contributed by atoms with Crippen LogP contribution >= 0.6 is 11.5 Å². The highest BCUT2D eigenvalue weighted by molar-refractivity contribution is 7.10. The van der Waals surface area contributed by atoms with Crippen LogP contribution in [-0.2, 0) is 6.54 Å². The maximum Gasteiger partial charge on any atom is 0.180 e. The van der Waals surface area contributed by atoms with Gasteiger partial charge in [-0.05, 0) is 44.0 Å². The first-order chi connectivity index (χ1) is 15.7. The number of aliphatic hydroxyl groups excluding tert-OH is 1. The lowest BCUT2D eigenvalue weighted by Gasteiger charge is -2.20. The molecule has 1 fully saturated rings. The predicted octanol–water partition coefficient (Wildman–Crippen LogP) is 2.13. The van der Waals surface area contributed by atoms with E-state index >= 15 is 0 Å². The van der Waals surface area contributed by atoms with Crippen molar-refractivity contribution < 1.29 is 5.11 Å². The van der Waals surface area contributed by atoms with E-state index in [0.717, 1.165) is 79.0 Å². The van der Waals surface area contributed by atoms with Crippen LogP contribution in [0.15, 0.2) is 30.9 Å². The molecule has 0 amide bonds. The van der Waals surface area contributed by atoms with Gasteiger partial charge < -0.3 is 10.4 Å². The third-order valence-corrected chi connectivity index (χ3v) is 6.43. The molecule has 0 saturated carbocycles. The number of imidazole rings is 1. The van der Waals surface area contributed by atoms with Crippen molar-refractivity contribution in [3.63, 3.8) is 0 Å². The van der Waals surface area contributed by atoms with E-state index in [4.69, 9.17) is 0 Å². The number of nitrogens with one attached hydrogen (secondary N) is 2. The molecule has 0 bridgehead atoms. The minimum absolute atomic E-state index is 0.224. The number of aryl methyl sites for hydroxylation is 1. The molecule has 32 heavy (non-hydrogen) atoms. The Morgan fingerprint density at radius 3 is 2.91 bits per heavy atom. The zero-order valence-corrected chi connectivity index (χ0v) is 18.8. The van der Waals surface area contributed by atoms with Crippen LogP contribution in [0.4, 0.5) is 10.8 Å². The Morgan fingerprint density at radius 2 is 2.06 bits per heavy atom. The fourth-order valence-corrected chi connectivity index (χ4v) is 4.79. The summed E-state index contributed by atoms with van der Waals surface area (Å²) >= 11 is 1.44. The van der Waals surface area contributed by atoms with E-state index in [9.17, 15) is 5.11 Å². The van der Waals surface area contributed by atoms with Crippen LogP contribution in [-0.4, -0.2) is 83.2 Å². The molecule has 1 aliphatic heterocycles. The standard InChI is InChI=1S/C21H27N9OS/c1-15-13-30-18(16-10-23-24-11-16)12-22-21(30)20(25-15)26-19-9-17(27-32-19)14-29-4-2-3-28(5-6-29)7-8-31/h9-13,31H,2-8,14H2,1H3,(H,23,24)(H,25,26). The number of rotatable bonds is 7. The molecular weight excluding hydrogens is 426 g/mol. The number of hydrogen-bond donors (Lipinski definition) is 3. The molecule has 0 atom stereocenters. The van der Waals surface area contributed by atoms with Gasteiger partial charge in [-0.1, -0.05) is 0 Å². The fraction of sp³-hybridized carbons (Fsp3) is 0.429. The summed E-state index contributed by atoms with van der Waals surface area (Å²) in [6, 6.07) is 2.10. The summed E-state index contributed by atoms with van der Waals surface area (Å²) in [6.45, 7) is 7.85. The van der Waals surface area contributed by atoms with E-state index in [-0.39, 0.29) is 6.61 Å². The van der Waals surface area contributed by atoms with E-state index in [2.05, 4.69) is 45.7 Å². The van der Waals surface area contributed by atoms with Crippen molar-refractivity contribution in [3.05, 3.63) is 42.2 Å². The van der Waals surface area contributed by atoms with Gasteiger partial charge in [0.25, 0.3) is 0 Å². The van der Waals surface area contributed by atoms with Crippen LogP contribution < -0.4 is 5.32 Å². The summed E-state index contributed by atoms with van der Waals surface area (Å²) in [5, 5.41) is 20.5. The van der Waals surface area contributed by atoms with E-state index in [1.807, 2.05) is 29.9 Å². The molecule has 0 radical (unpaired) electrons. The zero-order valence-electron chi connectivity index (χ0n) is 18.0. The molecule has 11 heteroatoms. The first-order valence-corrected chi connectivity index (χ1v) is 11.6. The number of nitrogens with zero attached hydrogens (tertiary/aromatic N) is 7. The van der Waals surface area contributed by atoms with E-state index < -0.39 is 0 Å². The SMILES string of the molecule is Cc1cn2c(-c3cn[nH]c3)cnc2c(Nc2cc(CN3CCCN(CCO)CC3)ns2)n1. The monoisotopic (exact) mass is 453 g/mol. The van der Waals surface area contributed by atoms with Gasteiger partial charge in [0.1, 0.15) is 5.00 Å². The minimum Gasteiger partial charge on any atom is -0.395 e. The number of fused-ring (bicyclic) bond motifs is 1. The summed E-state index contributed by atoms with van der Waals surface area (Å²) in [5.41, 5.74) is 4.65. The number of aromatic amines is 1. The molecule has 0 aromatic carbocycles. The van der Waals surface area contributed by atoms with Crippen molar-refractivity contribution in [3.8, 4) is 11.3 Å².